The Morgan fingerprint density at radius 3 is 2.86 bits per heavy atom. The SMILES string of the molecule is Cc1ccc2c(c1)[C@@H](NC(=O)N[C@@H]1C=C[C@H](CO)C1)[C@@H](C)C2. The molecule has 4 nitrogen and oxygen atoms in total. The van der Waals surface area contributed by atoms with E-state index in [1.54, 1.807) is 0 Å². The van der Waals surface area contributed by atoms with Crippen LogP contribution in [0.3, 0.4) is 0 Å². The summed E-state index contributed by atoms with van der Waals surface area (Å²) in [6.45, 7) is 4.40. The van der Waals surface area contributed by atoms with Crippen molar-refractivity contribution in [3.8, 4) is 0 Å². The summed E-state index contributed by atoms with van der Waals surface area (Å²) >= 11 is 0. The van der Waals surface area contributed by atoms with Crippen molar-refractivity contribution in [3.05, 3.63) is 47.0 Å². The fourth-order valence-electron chi connectivity index (χ4n) is 3.55. The highest BCUT2D eigenvalue weighted by Gasteiger charge is 2.31. The molecule has 2 aliphatic rings. The van der Waals surface area contributed by atoms with Crippen molar-refractivity contribution in [3.63, 3.8) is 0 Å². The minimum absolute atomic E-state index is 0.0193. The summed E-state index contributed by atoms with van der Waals surface area (Å²) in [5.74, 6) is 0.575. The first kappa shape index (κ1) is 15.1. The van der Waals surface area contributed by atoms with Crippen LogP contribution in [0.5, 0.6) is 0 Å². The Hall–Kier alpha value is -1.81. The van der Waals surface area contributed by atoms with E-state index in [0.717, 1.165) is 12.8 Å². The minimum Gasteiger partial charge on any atom is -0.396 e. The smallest absolute Gasteiger partial charge is 0.315 e. The topological polar surface area (TPSA) is 61.4 Å². The Labute approximate surface area is 131 Å². The van der Waals surface area contributed by atoms with E-state index in [-0.39, 0.29) is 30.6 Å². The second-order valence-electron chi connectivity index (χ2n) is 6.65. The summed E-state index contributed by atoms with van der Waals surface area (Å²) in [6.07, 6.45) is 5.73. The molecule has 4 heteroatoms. The molecular weight excluding hydrogens is 276 g/mol. The maximum Gasteiger partial charge on any atom is 0.315 e. The van der Waals surface area contributed by atoms with Gasteiger partial charge in [-0.2, -0.15) is 0 Å². The van der Waals surface area contributed by atoms with Crippen LogP contribution in [0.25, 0.3) is 0 Å². The number of carbonyl (C=O) groups is 1. The van der Waals surface area contributed by atoms with Gasteiger partial charge in [0, 0.05) is 18.6 Å². The molecule has 4 atom stereocenters. The highest BCUT2D eigenvalue weighted by atomic mass is 16.3. The molecule has 2 amide bonds. The fraction of sp³-hybridized carbons (Fsp3) is 0.500. The lowest BCUT2D eigenvalue weighted by Crippen LogP contribution is -2.43. The van der Waals surface area contributed by atoms with E-state index in [0.29, 0.717) is 5.92 Å². The van der Waals surface area contributed by atoms with Crippen LogP contribution in [0.4, 0.5) is 4.79 Å². The molecule has 3 N–H and O–H groups in total. The van der Waals surface area contributed by atoms with Gasteiger partial charge in [-0.05, 0) is 36.8 Å². The van der Waals surface area contributed by atoms with Crippen molar-refractivity contribution in [2.45, 2.75) is 38.8 Å². The summed E-state index contributed by atoms with van der Waals surface area (Å²) in [5.41, 5.74) is 3.81. The number of hydrogen-bond donors (Lipinski definition) is 3. The first-order valence-electron chi connectivity index (χ1n) is 8.02. The first-order valence-corrected chi connectivity index (χ1v) is 8.02. The fourth-order valence-corrected chi connectivity index (χ4v) is 3.55. The van der Waals surface area contributed by atoms with Gasteiger partial charge in [0.2, 0.25) is 0 Å². The lowest BCUT2D eigenvalue weighted by atomic mass is 10.0. The number of carbonyl (C=O) groups excluding carboxylic acids is 1. The van der Waals surface area contributed by atoms with Crippen molar-refractivity contribution in [2.24, 2.45) is 11.8 Å². The van der Waals surface area contributed by atoms with Gasteiger partial charge in [0.25, 0.3) is 0 Å². The van der Waals surface area contributed by atoms with E-state index in [2.05, 4.69) is 42.7 Å². The molecule has 2 aliphatic carbocycles. The highest BCUT2D eigenvalue weighted by Crippen LogP contribution is 2.36. The lowest BCUT2D eigenvalue weighted by Gasteiger charge is -2.21. The Morgan fingerprint density at radius 2 is 2.14 bits per heavy atom. The van der Waals surface area contributed by atoms with E-state index in [1.807, 2.05) is 12.2 Å². The van der Waals surface area contributed by atoms with Crippen LogP contribution < -0.4 is 10.6 Å². The van der Waals surface area contributed by atoms with Crippen LogP contribution in [0.2, 0.25) is 0 Å². The van der Waals surface area contributed by atoms with Gasteiger partial charge < -0.3 is 15.7 Å². The zero-order valence-electron chi connectivity index (χ0n) is 13.2. The third kappa shape index (κ3) is 3.02. The third-order valence-corrected chi connectivity index (χ3v) is 4.76. The molecule has 0 bridgehead atoms. The molecule has 22 heavy (non-hydrogen) atoms. The second kappa shape index (κ2) is 6.13. The largest absolute Gasteiger partial charge is 0.396 e. The number of amides is 2. The molecule has 3 rings (SSSR count). The van der Waals surface area contributed by atoms with E-state index in [4.69, 9.17) is 5.11 Å². The highest BCUT2D eigenvalue weighted by molar-refractivity contribution is 5.75. The molecule has 0 saturated carbocycles. The molecule has 0 unspecified atom stereocenters. The number of aryl methyl sites for hydroxylation is 1. The molecule has 0 aromatic heterocycles. The maximum absolute atomic E-state index is 12.3. The molecule has 0 saturated heterocycles. The van der Waals surface area contributed by atoms with Gasteiger partial charge in [-0.1, -0.05) is 42.8 Å². The first-order chi connectivity index (χ1) is 10.6. The summed E-state index contributed by atoms with van der Waals surface area (Å²) in [5, 5.41) is 15.3. The molecule has 1 aromatic rings. The number of aliphatic hydroxyl groups is 1. The standard InChI is InChI=1S/C18H24N2O2/c1-11-3-5-14-8-12(2)17(16(14)7-11)20-18(22)19-15-6-4-13(9-15)10-21/h3-7,12-13,15,17,21H,8-10H2,1-2H3,(H2,19,20,22)/t12-,13-,15+,17-/m0/s1. The van der Waals surface area contributed by atoms with E-state index in [1.165, 1.54) is 16.7 Å². The summed E-state index contributed by atoms with van der Waals surface area (Å²) < 4.78 is 0. The summed E-state index contributed by atoms with van der Waals surface area (Å²) in [7, 11) is 0. The van der Waals surface area contributed by atoms with Crippen LogP contribution in [0.1, 0.15) is 36.1 Å². The Kier molecular flexibility index (Phi) is 4.21. The number of benzene rings is 1. The minimum atomic E-state index is -0.126. The number of aliphatic hydroxyl groups excluding tert-OH is 1. The molecular formula is C18H24N2O2. The number of nitrogens with one attached hydrogen (secondary N) is 2. The Morgan fingerprint density at radius 1 is 1.32 bits per heavy atom. The van der Waals surface area contributed by atoms with E-state index >= 15 is 0 Å². The maximum atomic E-state index is 12.3. The van der Waals surface area contributed by atoms with Crippen LogP contribution >= 0.6 is 0 Å². The Balaban J connectivity index is 1.63. The molecule has 1 aromatic carbocycles. The van der Waals surface area contributed by atoms with Crippen LogP contribution in [0.15, 0.2) is 30.4 Å². The van der Waals surface area contributed by atoms with Crippen LogP contribution in [-0.4, -0.2) is 23.8 Å². The van der Waals surface area contributed by atoms with Crippen molar-refractivity contribution in [1.82, 2.24) is 10.6 Å². The molecule has 0 aliphatic heterocycles. The third-order valence-electron chi connectivity index (χ3n) is 4.76. The summed E-state index contributed by atoms with van der Waals surface area (Å²) in [4.78, 5) is 12.3. The van der Waals surface area contributed by atoms with E-state index in [9.17, 15) is 4.79 Å². The van der Waals surface area contributed by atoms with Crippen molar-refractivity contribution in [1.29, 1.82) is 0 Å². The van der Waals surface area contributed by atoms with Gasteiger partial charge in [-0.3, -0.25) is 0 Å². The van der Waals surface area contributed by atoms with E-state index < -0.39 is 0 Å². The lowest BCUT2D eigenvalue weighted by molar-refractivity contribution is 0.226. The summed E-state index contributed by atoms with van der Waals surface area (Å²) in [6, 6.07) is 6.46. The second-order valence-corrected chi connectivity index (χ2v) is 6.65. The Bertz CT molecular complexity index is 597. The number of fused-ring (bicyclic) bond motifs is 1. The van der Waals surface area contributed by atoms with Gasteiger partial charge in [0.05, 0.1) is 6.04 Å². The zero-order valence-corrected chi connectivity index (χ0v) is 13.2. The number of hydrogen-bond acceptors (Lipinski definition) is 2. The molecule has 0 spiro atoms. The number of rotatable bonds is 3. The van der Waals surface area contributed by atoms with Gasteiger partial charge in [0.1, 0.15) is 0 Å². The van der Waals surface area contributed by atoms with Gasteiger partial charge in [-0.25, -0.2) is 4.79 Å². The molecule has 0 fully saturated rings. The average molecular weight is 300 g/mol. The monoisotopic (exact) mass is 300 g/mol. The normalized spacial score (nSPS) is 29.4. The predicted molar refractivity (Wildman–Crippen MR) is 86.6 cm³/mol. The molecule has 0 radical (unpaired) electrons. The van der Waals surface area contributed by atoms with Crippen molar-refractivity contribution < 1.29 is 9.90 Å². The van der Waals surface area contributed by atoms with Gasteiger partial charge >= 0.3 is 6.03 Å². The number of urea groups is 1. The quantitative estimate of drug-likeness (QED) is 0.751. The predicted octanol–water partition coefficient (Wildman–Crippen LogP) is 2.46. The molecule has 0 heterocycles. The van der Waals surface area contributed by atoms with Crippen LogP contribution in [0, 0.1) is 18.8 Å². The zero-order chi connectivity index (χ0) is 15.7. The van der Waals surface area contributed by atoms with Gasteiger partial charge in [0.15, 0.2) is 0 Å². The van der Waals surface area contributed by atoms with Gasteiger partial charge in [-0.15, -0.1) is 0 Å². The molecule has 118 valence electrons. The van der Waals surface area contributed by atoms with Crippen molar-refractivity contribution >= 4 is 6.03 Å². The van der Waals surface area contributed by atoms with Crippen LogP contribution in [-0.2, 0) is 6.42 Å². The van der Waals surface area contributed by atoms with Crippen molar-refractivity contribution in [2.75, 3.05) is 6.61 Å². The average Bonchev–Trinajstić information content (AvgIpc) is 3.05.